The van der Waals surface area contributed by atoms with E-state index < -0.39 is 23.5 Å². The molecular formula is C13H17NO6. The maximum Gasteiger partial charge on any atom is 0.356 e. The molecule has 0 atom stereocenters. The van der Waals surface area contributed by atoms with Crippen molar-refractivity contribution in [3.05, 3.63) is 23.0 Å². The Balaban J connectivity index is 3.27. The lowest BCUT2D eigenvalue weighted by molar-refractivity contribution is 0.00593. The first-order valence-electron chi connectivity index (χ1n) is 5.82. The molecule has 0 saturated carbocycles. The lowest BCUT2D eigenvalue weighted by Gasteiger charge is -2.19. The van der Waals surface area contributed by atoms with Crippen LogP contribution >= 0.6 is 0 Å². The van der Waals surface area contributed by atoms with Gasteiger partial charge in [-0.25, -0.2) is 14.4 Å². The zero-order chi connectivity index (χ0) is 15.5. The third-order valence-electron chi connectivity index (χ3n) is 2.28. The van der Waals surface area contributed by atoms with Crippen LogP contribution in [0.5, 0.6) is 0 Å². The summed E-state index contributed by atoms with van der Waals surface area (Å²) in [5, 5.41) is 0. The van der Waals surface area contributed by atoms with Crippen LogP contribution < -0.4 is 0 Å². The highest BCUT2D eigenvalue weighted by atomic mass is 16.6. The van der Waals surface area contributed by atoms with E-state index in [0.717, 1.165) is 7.11 Å². The van der Waals surface area contributed by atoms with Crippen LogP contribution in [-0.4, -0.2) is 42.7 Å². The number of carbonyl (C=O) groups excluding carboxylic acids is 3. The molecule has 1 rings (SSSR count). The van der Waals surface area contributed by atoms with Gasteiger partial charge in [-0.3, -0.25) is 0 Å². The molecule has 20 heavy (non-hydrogen) atoms. The van der Waals surface area contributed by atoms with E-state index >= 15 is 0 Å². The fourth-order valence-corrected chi connectivity index (χ4v) is 1.50. The van der Waals surface area contributed by atoms with Crippen LogP contribution in [0.2, 0.25) is 0 Å². The first kappa shape index (κ1) is 15.7. The monoisotopic (exact) mass is 283 g/mol. The van der Waals surface area contributed by atoms with Crippen LogP contribution in [0.4, 0.5) is 0 Å². The SMILES string of the molecule is COC(=O)c1c[nH]c(C(=O)OC(C)(C)C)c1C(=O)OC. The van der Waals surface area contributed by atoms with Crippen molar-refractivity contribution in [3.8, 4) is 0 Å². The van der Waals surface area contributed by atoms with E-state index in [0.29, 0.717) is 0 Å². The maximum absolute atomic E-state index is 12.0. The van der Waals surface area contributed by atoms with Crippen molar-refractivity contribution in [3.63, 3.8) is 0 Å². The summed E-state index contributed by atoms with van der Waals surface area (Å²) < 4.78 is 14.3. The second kappa shape index (κ2) is 5.77. The van der Waals surface area contributed by atoms with Crippen molar-refractivity contribution < 1.29 is 28.6 Å². The van der Waals surface area contributed by atoms with Gasteiger partial charge in [0.15, 0.2) is 0 Å². The first-order valence-corrected chi connectivity index (χ1v) is 5.82. The van der Waals surface area contributed by atoms with Crippen molar-refractivity contribution in [2.45, 2.75) is 26.4 Å². The van der Waals surface area contributed by atoms with E-state index in [1.54, 1.807) is 20.8 Å². The molecule has 0 aliphatic carbocycles. The molecule has 0 radical (unpaired) electrons. The number of H-pyrrole nitrogens is 1. The number of aromatic nitrogens is 1. The van der Waals surface area contributed by atoms with Crippen molar-refractivity contribution in [1.29, 1.82) is 0 Å². The number of hydrogen-bond acceptors (Lipinski definition) is 6. The van der Waals surface area contributed by atoms with Gasteiger partial charge in [-0.1, -0.05) is 0 Å². The molecule has 0 bridgehead atoms. The Kier molecular flexibility index (Phi) is 4.54. The molecule has 0 unspecified atom stereocenters. The Morgan fingerprint density at radius 1 is 1.00 bits per heavy atom. The molecule has 0 aliphatic rings. The maximum atomic E-state index is 12.0. The van der Waals surface area contributed by atoms with Gasteiger partial charge in [0.25, 0.3) is 0 Å². The number of esters is 3. The van der Waals surface area contributed by atoms with Crippen LogP contribution in [0.15, 0.2) is 6.20 Å². The van der Waals surface area contributed by atoms with Gasteiger partial charge in [-0.15, -0.1) is 0 Å². The molecule has 0 spiro atoms. The number of aromatic amines is 1. The van der Waals surface area contributed by atoms with Crippen LogP contribution in [0.1, 0.15) is 52.0 Å². The lowest BCUT2D eigenvalue weighted by atomic mass is 10.1. The second-order valence-electron chi connectivity index (χ2n) is 4.94. The van der Waals surface area contributed by atoms with Gasteiger partial charge in [0.05, 0.1) is 19.8 Å². The Hall–Kier alpha value is -2.31. The molecule has 1 aromatic heterocycles. The van der Waals surface area contributed by atoms with E-state index in [1.165, 1.54) is 13.3 Å². The average Bonchev–Trinajstić information content (AvgIpc) is 2.79. The zero-order valence-corrected chi connectivity index (χ0v) is 12.0. The predicted octanol–water partition coefficient (Wildman–Crippen LogP) is 1.54. The number of ether oxygens (including phenoxy) is 3. The lowest BCUT2D eigenvalue weighted by Crippen LogP contribution is -2.25. The Bertz CT molecular complexity index is 538. The summed E-state index contributed by atoms with van der Waals surface area (Å²) in [6.07, 6.45) is 1.21. The molecule has 0 amide bonds. The van der Waals surface area contributed by atoms with Crippen molar-refractivity contribution >= 4 is 17.9 Å². The van der Waals surface area contributed by atoms with Gasteiger partial charge in [-0.2, -0.15) is 0 Å². The zero-order valence-electron chi connectivity index (χ0n) is 12.0. The van der Waals surface area contributed by atoms with E-state index in [-0.39, 0.29) is 16.8 Å². The normalized spacial score (nSPS) is 10.8. The van der Waals surface area contributed by atoms with E-state index in [9.17, 15) is 14.4 Å². The molecule has 110 valence electrons. The van der Waals surface area contributed by atoms with E-state index in [1.807, 2.05) is 0 Å². The molecular weight excluding hydrogens is 266 g/mol. The molecule has 0 saturated heterocycles. The molecule has 1 heterocycles. The van der Waals surface area contributed by atoms with Crippen molar-refractivity contribution in [2.24, 2.45) is 0 Å². The summed E-state index contributed by atoms with van der Waals surface area (Å²) in [6.45, 7) is 5.06. The largest absolute Gasteiger partial charge is 0.465 e. The van der Waals surface area contributed by atoms with Gasteiger partial charge in [0, 0.05) is 6.20 Å². The molecule has 7 nitrogen and oxygen atoms in total. The number of carbonyl (C=O) groups is 3. The van der Waals surface area contributed by atoms with Gasteiger partial charge in [0.1, 0.15) is 16.9 Å². The molecule has 1 N–H and O–H groups in total. The average molecular weight is 283 g/mol. The van der Waals surface area contributed by atoms with Gasteiger partial charge in [-0.05, 0) is 20.8 Å². The number of rotatable bonds is 3. The quantitative estimate of drug-likeness (QED) is 0.668. The van der Waals surface area contributed by atoms with Crippen molar-refractivity contribution in [1.82, 2.24) is 4.98 Å². The molecule has 0 aliphatic heterocycles. The standard InChI is InChI=1S/C13H17NO6/c1-13(2,3)20-12(17)9-8(11(16)19-5)7(6-14-9)10(15)18-4/h6,14H,1-5H3. The van der Waals surface area contributed by atoms with Gasteiger partial charge in [0.2, 0.25) is 0 Å². The number of nitrogens with one attached hydrogen (secondary N) is 1. The molecule has 1 aromatic rings. The second-order valence-corrected chi connectivity index (χ2v) is 4.94. The highest BCUT2D eigenvalue weighted by Crippen LogP contribution is 2.20. The Morgan fingerprint density at radius 2 is 1.55 bits per heavy atom. The molecule has 7 heteroatoms. The summed E-state index contributed by atoms with van der Waals surface area (Å²) in [6, 6.07) is 0. The smallest absolute Gasteiger partial charge is 0.356 e. The van der Waals surface area contributed by atoms with E-state index in [2.05, 4.69) is 14.5 Å². The number of hydrogen-bond donors (Lipinski definition) is 1. The van der Waals surface area contributed by atoms with Gasteiger partial charge >= 0.3 is 17.9 Å². The van der Waals surface area contributed by atoms with Crippen molar-refractivity contribution in [2.75, 3.05) is 14.2 Å². The van der Waals surface area contributed by atoms with Crippen LogP contribution in [-0.2, 0) is 14.2 Å². The highest BCUT2D eigenvalue weighted by molar-refractivity contribution is 6.10. The Morgan fingerprint density at radius 3 is 2.00 bits per heavy atom. The number of methoxy groups -OCH3 is 2. The summed E-state index contributed by atoms with van der Waals surface area (Å²) in [5.41, 5.74) is -1.16. The topological polar surface area (TPSA) is 94.7 Å². The molecule has 0 fully saturated rings. The minimum Gasteiger partial charge on any atom is -0.465 e. The summed E-state index contributed by atoms with van der Waals surface area (Å²) >= 11 is 0. The molecule has 0 aromatic carbocycles. The summed E-state index contributed by atoms with van der Waals surface area (Å²) in [4.78, 5) is 37.9. The minimum absolute atomic E-state index is 0.0831. The van der Waals surface area contributed by atoms with Crippen LogP contribution in [0.25, 0.3) is 0 Å². The predicted molar refractivity (Wildman–Crippen MR) is 68.6 cm³/mol. The minimum atomic E-state index is -0.826. The Labute approximate surface area is 116 Å². The third kappa shape index (κ3) is 3.37. The first-order chi connectivity index (χ1) is 9.21. The van der Waals surface area contributed by atoms with Crippen LogP contribution in [0, 0.1) is 0 Å². The van der Waals surface area contributed by atoms with Crippen LogP contribution in [0.3, 0.4) is 0 Å². The van der Waals surface area contributed by atoms with Gasteiger partial charge < -0.3 is 19.2 Å². The third-order valence-corrected chi connectivity index (χ3v) is 2.28. The summed E-state index contributed by atoms with van der Waals surface area (Å²) in [7, 11) is 2.32. The fraction of sp³-hybridized carbons (Fsp3) is 0.462. The highest BCUT2D eigenvalue weighted by Gasteiger charge is 2.30. The summed E-state index contributed by atoms with van der Waals surface area (Å²) in [5.74, 6) is -2.34. The fourth-order valence-electron chi connectivity index (χ4n) is 1.50. The van der Waals surface area contributed by atoms with E-state index in [4.69, 9.17) is 4.74 Å².